The van der Waals surface area contributed by atoms with Gasteiger partial charge >= 0.3 is 6.03 Å². The van der Waals surface area contributed by atoms with E-state index in [9.17, 15) is 9.59 Å². The smallest absolute Gasteiger partial charge is 0.319 e. The molecule has 0 aliphatic heterocycles. The van der Waals surface area contributed by atoms with Crippen molar-refractivity contribution in [2.45, 2.75) is 33.1 Å². The Morgan fingerprint density at radius 3 is 2.45 bits per heavy atom. The lowest BCUT2D eigenvalue weighted by atomic mass is 10.2. The molecule has 8 heteroatoms. The second-order valence-electron chi connectivity index (χ2n) is 6.35. The summed E-state index contributed by atoms with van der Waals surface area (Å²) in [7, 11) is 0. The quantitative estimate of drug-likeness (QED) is 0.488. The summed E-state index contributed by atoms with van der Waals surface area (Å²) in [6, 6.07) is 8.79. The first-order valence-corrected chi connectivity index (χ1v) is 10.7. The fourth-order valence-electron chi connectivity index (χ4n) is 2.42. The molecule has 0 saturated carbocycles. The number of hydrogen-bond acceptors (Lipinski definition) is 5. The van der Waals surface area contributed by atoms with E-state index in [0.29, 0.717) is 36.9 Å². The normalized spacial score (nSPS) is 10.3. The van der Waals surface area contributed by atoms with E-state index in [1.165, 1.54) is 4.88 Å². The number of thiophene rings is 1. The Balaban J connectivity index is 1.78. The predicted molar refractivity (Wildman–Crippen MR) is 116 cm³/mol. The highest BCUT2D eigenvalue weighted by Gasteiger charge is 2.10. The Morgan fingerprint density at radius 2 is 1.76 bits per heavy atom. The van der Waals surface area contributed by atoms with Gasteiger partial charge in [0.05, 0.1) is 19.8 Å². The maximum absolute atomic E-state index is 12.1. The molecule has 29 heavy (non-hydrogen) atoms. The predicted octanol–water partition coefficient (Wildman–Crippen LogP) is 3.81. The summed E-state index contributed by atoms with van der Waals surface area (Å²) < 4.78 is 11.4. The van der Waals surface area contributed by atoms with Crippen LogP contribution in [0.15, 0.2) is 35.7 Å². The zero-order chi connectivity index (χ0) is 20.9. The first-order valence-electron chi connectivity index (χ1n) is 9.86. The molecule has 1 aromatic heterocycles. The molecule has 0 radical (unpaired) electrons. The Bertz CT molecular complexity index is 765. The minimum atomic E-state index is -0.456. The van der Waals surface area contributed by atoms with Gasteiger partial charge in [-0.1, -0.05) is 19.9 Å². The van der Waals surface area contributed by atoms with Crippen molar-refractivity contribution in [3.05, 3.63) is 40.6 Å². The van der Waals surface area contributed by atoms with Crippen molar-refractivity contribution < 1.29 is 19.1 Å². The Kier molecular flexibility index (Phi) is 9.85. The van der Waals surface area contributed by atoms with Crippen LogP contribution in [0.25, 0.3) is 0 Å². The zero-order valence-corrected chi connectivity index (χ0v) is 17.8. The van der Waals surface area contributed by atoms with Gasteiger partial charge in [0, 0.05) is 23.2 Å². The molecule has 3 N–H and O–H groups in total. The number of amides is 3. The molecule has 158 valence electrons. The molecular weight excluding hydrogens is 390 g/mol. The molecule has 0 unspecified atom stereocenters. The lowest BCUT2D eigenvalue weighted by Crippen LogP contribution is -2.39. The molecule has 0 aliphatic rings. The Labute approximate surface area is 175 Å². The van der Waals surface area contributed by atoms with Gasteiger partial charge in [-0.3, -0.25) is 4.79 Å². The fraction of sp³-hybridized carbons (Fsp3) is 0.429. The van der Waals surface area contributed by atoms with Gasteiger partial charge in [-0.2, -0.15) is 0 Å². The van der Waals surface area contributed by atoms with E-state index >= 15 is 0 Å². The summed E-state index contributed by atoms with van der Waals surface area (Å²) in [5, 5.41) is 10.1. The van der Waals surface area contributed by atoms with Crippen molar-refractivity contribution in [2.24, 2.45) is 0 Å². The minimum Gasteiger partial charge on any atom is -0.490 e. The summed E-state index contributed by atoms with van der Waals surface area (Å²) in [4.78, 5) is 25.2. The third kappa shape index (κ3) is 8.43. The lowest BCUT2D eigenvalue weighted by Gasteiger charge is -2.14. The molecule has 0 fully saturated rings. The van der Waals surface area contributed by atoms with E-state index in [4.69, 9.17) is 9.47 Å². The molecule has 0 spiro atoms. The summed E-state index contributed by atoms with van der Waals surface area (Å²) in [6.45, 7) is 5.66. The molecule has 1 aromatic carbocycles. The highest BCUT2D eigenvalue weighted by Crippen LogP contribution is 2.30. The first kappa shape index (κ1) is 22.5. The van der Waals surface area contributed by atoms with Crippen LogP contribution in [0.2, 0.25) is 0 Å². The average molecular weight is 420 g/mol. The number of urea groups is 1. The number of ether oxygens (including phenoxy) is 2. The van der Waals surface area contributed by atoms with Crippen molar-refractivity contribution in [3.8, 4) is 11.5 Å². The number of anilines is 1. The number of carbonyl (C=O) groups excluding carboxylic acids is 2. The number of nitrogens with one attached hydrogen (secondary N) is 3. The van der Waals surface area contributed by atoms with Gasteiger partial charge in [-0.25, -0.2) is 4.79 Å². The van der Waals surface area contributed by atoms with Gasteiger partial charge < -0.3 is 25.4 Å². The summed E-state index contributed by atoms with van der Waals surface area (Å²) in [5.74, 6) is 1.01. The van der Waals surface area contributed by atoms with Crippen LogP contribution in [-0.4, -0.2) is 38.2 Å². The van der Waals surface area contributed by atoms with Crippen molar-refractivity contribution in [2.75, 3.05) is 31.6 Å². The van der Waals surface area contributed by atoms with Crippen LogP contribution < -0.4 is 25.4 Å². The van der Waals surface area contributed by atoms with Gasteiger partial charge in [-0.05, 0) is 42.8 Å². The Morgan fingerprint density at radius 1 is 1.00 bits per heavy atom. The summed E-state index contributed by atoms with van der Waals surface area (Å²) in [6.07, 6.45) is 2.54. The maximum atomic E-state index is 12.1. The van der Waals surface area contributed by atoms with E-state index < -0.39 is 6.03 Å². The van der Waals surface area contributed by atoms with E-state index in [1.54, 1.807) is 29.5 Å². The highest BCUT2D eigenvalue weighted by atomic mass is 32.1. The van der Waals surface area contributed by atoms with Gasteiger partial charge in [0.25, 0.3) is 0 Å². The van der Waals surface area contributed by atoms with Crippen molar-refractivity contribution in [1.82, 2.24) is 10.6 Å². The SMILES string of the molecule is CCCOc1ccc(NC(=O)NCC(=O)NCCc2cccs2)cc1OCCC. The third-order valence-corrected chi connectivity index (χ3v) is 4.74. The number of hydrogen-bond donors (Lipinski definition) is 3. The van der Waals surface area contributed by atoms with E-state index in [0.717, 1.165) is 19.3 Å². The van der Waals surface area contributed by atoms with Gasteiger partial charge in [0.1, 0.15) is 0 Å². The van der Waals surface area contributed by atoms with Gasteiger partial charge in [0.15, 0.2) is 11.5 Å². The second-order valence-corrected chi connectivity index (χ2v) is 7.38. The minimum absolute atomic E-state index is 0.0901. The number of carbonyl (C=O) groups is 2. The van der Waals surface area contributed by atoms with Crippen LogP contribution in [0, 0.1) is 0 Å². The van der Waals surface area contributed by atoms with E-state index in [2.05, 4.69) is 16.0 Å². The number of rotatable bonds is 12. The molecule has 2 rings (SSSR count). The molecule has 2 aromatic rings. The van der Waals surface area contributed by atoms with Crippen LogP contribution in [0.4, 0.5) is 10.5 Å². The lowest BCUT2D eigenvalue weighted by molar-refractivity contribution is -0.120. The zero-order valence-electron chi connectivity index (χ0n) is 17.0. The standard InChI is InChI=1S/C21H29N3O4S/c1-3-11-27-18-8-7-16(14-19(18)28-12-4-2)24-21(26)23-15-20(25)22-10-9-17-6-5-13-29-17/h5-8,13-14H,3-4,9-12,15H2,1-2H3,(H,22,25)(H2,23,24,26). The molecule has 0 aliphatic carbocycles. The largest absolute Gasteiger partial charge is 0.490 e. The number of benzene rings is 1. The maximum Gasteiger partial charge on any atom is 0.319 e. The second kappa shape index (κ2) is 12.7. The molecule has 1 heterocycles. The van der Waals surface area contributed by atoms with E-state index in [-0.39, 0.29) is 12.5 Å². The highest BCUT2D eigenvalue weighted by molar-refractivity contribution is 7.09. The average Bonchev–Trinajstić information content (AvgIpc) is 3.23. The summed E-state index contributed by atoms with van der Waals surface area (Å²) in [5.41, 5.74) is 0.565. The van der Waals surface area contributed by atoms with Crippen molar-refractivity contribution >= 4 is 29.0 Å². The van der Waals surface area contributed by atoms with E-state index in [1.807, 2.05) is 31.4 Å². The molecule has 0 bridgehead atoms. The van der Waals surface area contributed by atoms with Crippen LogP contribution in [0.5, 0.6) is 11.5 Å². The first-order chi connectivity index (χ1) is 14.1. The van der Waals surface area contributed by atoms with Crippen LogP contribution in [0.1, 0.15) is 31.6 Å². The molecular formula is C21H29N3O4S. The van der Waals surface area contributed by atoms with Crippen LogP contribution in [0.3, 0.4) is 0 Å². The van der Waals surface area contributed by atoms with Crippen LogP contribution >= 0.6 is 11.3 Å². The van der Waals surface area contributed by atoms with Crippen LogP contribution in [-0.2, 0) is 11.2 Å². The molecule has 0 saturated heterocycles. The van der Waals surface area contributed by atoms with Crippen molar-refractivity contribution in [1.29, 1.82) is 0 Å². The topological polar surface area (TPSA) is 88.7 Å². The molecule has 0 atom stereocenters. The fourth-order valence-corrected chi connectivity index (χ4v) is 3.13. The molecule has 3 amide bonds. The third-order valence-electron chi connectivity index (χ3n) is 3.81. The monoisotopic (exact) mass is 419 g/mol. The van der Waals surface area contributed by atoms with Gasteiger partial charge in [-0.15, -0.1) is 11.3 Å². The van der Waals surface area contributed by atoms with Gasteiger partial charge in [0.2, 0.25) is 5.91 Å². The Hall–Kier alpha value is -2.74. The summed E-state index contributed by atoms with van der Waals surface area (Å²) >= 11 is 1.65. The molecule has 7 nitrogen and oxygen atoms in total. The van der Waals surface area contributed by atoms with Crippen molar-refractivity contribution in [3.63, 3.8) is 0 Å².